The van der Waals surface area contributed by atoms with Crippen LogP contribution in [0.4, 0.5) is 0 Å². The van der Waals surface area contributed by atoms with Gasteiger partial charge in [-0.1, -0.05) is 26.8 Å². The Bertz CT molecular complexity index is 298. The molecule has 0 aliphatic carbocycles. The number of furan rings is 1. The second kappa shape index (κ2) is 6.81. The van der Waals surface area contributed by atoms with E-state index in [2.05, 4.69) is 32.2 Å². The van der Waals surface area contributed by atoms with Gasteiger partial charge in [-0.2, -0.15) is 11.8 Å². The first-order chi connectivity index (χ1) is 7.58. The monoisotopic (exact) mass is 239 g/mol. The molecule has 0 amide bonds. The first kappa shape index (κ1) is 13.4. The molecular weight excluding hydrogens is 218 g/mol. The van der Waals surface area contributed by atoms with Crippen LogP contribution in [0.15, 0.2) is 28.9 Å². The number of hydrogen-bond donors (Lipinski definition) is 1. The minimum atomic E-state index is 0.367. The quantitative estimate of drug-likeness (QED) is 0.770. The van der Waals surface area contributed by atoms with Crippen LogP contribution in [0.2, 0.25) is 0 Å². The van der Waals surface area contributed by atoms with E-state index < -0.39 is 0 Å². The minimum Gasteiger partial charge on any atom is -0.465 e. The van der Waals surface area contributed by atoms with Crippen LogP contribution in [0.25, 0.3) is 6.08 Å². The smallest absolute Gasteiger partial charge is 0.126 e. The number of rotatable bonds is 6. The van der Waals surface area contributed by atoms with Crippen LogP contribution in [0.1, 0.15) is 26.5 Å². The maximum atomic E-state index is 5.19. The summed E-state index contributed by atoms with van der Waals surface area (Å²) in [5.41, 5.74) is 0. The molecule has 1 aromatic heterocycles. The summed E-state index contributed by atoms with van der Waals surface area (Å²) in [7, 11) is 0. The van der Waals surface area contributed by atoms with Gasteiger partial charge >= 0.3 is 0 Å². The molecule has 1 heterocycles. The standard InChI is InChI=1S/C13H21NOS/c1-13(2,3)16-11-9-14-8-4-6-12-7-5-10-15-12/h4-7,10,14H,8-9,11H2,1-3H3/b6-4+. The highest BCUT2D eigenvalue weighted by atomic mass is 32.2. The molecule has 0 aromatic carbocycles. The summed E-state index contributed by atoms with van der Waals surface area (Å²) >= 11 is 1.98. The first-order valence-electron chi connectivity index (χ1n) is 5.63. The molecule has 0 fully saturated rings. The van der Waals surface area contributed by atoms with E-state index in [1.807, 2.05) is 30.0 Å². The van der Waals surface area contributed by atoms with Gasteiger partial charge in [0.2, 0.25) is 0 Å². The lowest BCUT2D eigenvalue weighted by atomic mass is 10.3. The third-order valence-corrected chi connectivity index (χ3v) is 3.18. The van der Waals surface area contributed by atoms with Crippen molar-refractivity contribution in [1.29, 1.82) is 0 Å². The molecule has 1 rings (SSSR count). The molecule has 1 aromatic rings. The van der Waals surface area contributed by atoms with Crippen LogP contribution < -0.4 is 5.32 Å². The number of hydrogen-bond acceptors (Lipinski definition) is 3. The summed E-state index contributed by atoms with van der Waals surface area (Å²) in [6.07, 6.45) is 5.76. The lowest BCUT2D eigenvalue weighted by Gasteiger charge is -2.17. The van der Waals surface area contributed by atoms with Crippen molar-refractivity contribution < 1.29 is 4.42 Å². The van der Waals surface area contributed by atoms with Crippen LogP contribution in [0.5, 0.6) is 0 Å². The summed E-state index contributed by atoms with van der Waals surface area (Å²) in [6.45, 7) is 8.67. The first-order valence-corrected chi connectivity index (χ1v) is 6.61. The molecule has 90 valence electrons. The van der Waals surface area contributed by atoms with Crippen LogP contribution in [0.3, 0.4) is 0 Å². The van der Waals surface area contributed by atoms with Crippen LogP contribution in [-0.4, -0.2) is 23.6 Å². The van der Waals surface area contributed by atoms with Gasteiger partial charge in [-0.3, -0.25) is 0 Å². The van der Waals surface area contributed by atoms with Gasteiger partial charge in [-0.25, -0.2) is 0 Å². The molecule has 0 radical (unpaired) electrons. The molecule has 0 spiro atoms. The molecule has 0 atom stereocenters. The van der Waals surface area contributed by atoms with E-state index in [1.54, 1.807) is 6.26 Å². The van der Waals surface area contributed by atoms with Gasteiger partial charge in [-0.15, -0.1) is 0 Å². The molecule has 2 nitrogen and oxygen atoms in total. The molecule has 3 heteroatoms. The Balaban J connectivity index is 2.00. The van der Waals surface area contributed by atoms with E-state index in [9.17, 15) is 0 Å². The summed E-state index contributed by atoms with van der Waals surface area (Å²) in [4.78, 5) is 0. The lowest BCUT2D eigenvalue weighted by molar-refractivity contribution is 0.557. The van der Waals surface area contributed by atoms with E-state index >= 15 is 0 Å². The Hall–Kier alpha value is -0.670. The van der Waals surface area contributed by atoms with Crippen molar-refractivity contribution in [1.82, 2.24) is 5.32 Å². The maximum absolute atomic E-state index is 5.19. The second-order valence-corrected chi connectivity index (χ2v) is 6.50. The van der Waals surface area contributed by atoms with Gasteiger partial charge in [-0.05, 0) is 18.2 Å². The highest BCUT2D eigenvalue weighted by Crippen LogP contribution is 2.21. The van der Waals surface area contributed by atoms with E-state index in [4.69, 9.17) is 4.42 Å². The summed E-state index contributed by atoms with van der Waals surface area (Å²) in [5.74, 6) is 2.06. The average molecular weight is 239 g/mol. The SMILES string of the molecule is CC(C)(C)SCCNC/C=C/c1ccco1. The summed E-state index contributed by atoms with van der Waals surface area (Å²) < 4.78 is 5.55. The van der Waals surface area contributed by atoms with Crippen molar-refractivity contribution in [2.24, 2.45) is 0 Å². The van der Waals surface area contributed by atoms with Crippen molar-refractivity contribution in [2.75, 3.05) is 18.8 Å². The molecule has 0 saturated heterocycles. The van der Waals surface area contributed by atoms with E-state index in [0.29, 0.717) is 4.75 Å². The van der Waals surface area contributed by atoms with Gasteiger partial charge in [0, 0.05) is 23.6 Å². The molecule has 1 N–H and O–H groups in total. The Morgan fingerprint density at radius 3 is 2.88 bits per heavy atom. The molecule has 0 unspecified atom stereocenters. The number of nitrogens with one attached hydrogen (secondary N) is 1. The van der Waals surface area contributed by atoms with Crippen LogP contribution in [0, 0.1) is 0 Å². The zero-order chi connectivity index (χ0) is 11.9. The van der Waals surface area contributed by atoms with E-state index in [0.717, 1.165) is 24.6 Å². The zero-order valence-corrected chi connectivity index (χ0v) is 11.1. The van der Waals surface area contributed by atoms with Crippen molar-refractivity contribution in [3.63, 3.8) is 0 Å². The molecular formula is C13H21NOS. The van der Waals surface area contributed by atoms with E-state index in [-0.39, 0.29) is 0 Å². The highest BCUT2D eigenvalue weighted by Gasteiger charge is 2.08. The third-order valence-electron chi connectivity index (χ3n) is 1.90. The molecule has 0 saturated carbocycles. The second-order valence-electron chi connectivity index (χ2n) is 4.58. The Morgan fingerprint density at radius 1 is 1.44 bits per heavy atom. The Kier molecular flexibility index (Phi) is 5.71. The Labute approximate surface area is 102 Å². The van der Waals surface area contributed by atoms with Gasteiger partial charge < -0.3 is 9.73 Å². The van der Waals surface area contributed by atoms with Gasteiger partial charge in [0.25, 0.3) is 0 Å². The normalized spacial score (nSPS) is 12.4. The largest absolute Gasteiger partial charge is 0.465 e. The predicted octanol–water partition coefficient (Wildman–Crippen LogP) is 3.41. The van der Waals surface area contributed by atoms with Crippen LogP contribution >= 0.6 is 11.8 Å². The summed E-state index contributed by atoms with van der Waals surface area (Å²) in [5, 5.41) is 3.37. The van der Waals surface area contributed by atoms with Crippen molar-refractivity contribution >= 4 is 17.8 Å². The lowest BCUT2D eigenvalue weighted by Crippen LogP contribution is -2.19. The maximum Gasteiger partial charge on any atom is 0.126 e. The van der Waals surface area contributed by atoms with Crippen molar-refractivity contribution in [2.45, 2.75) is 25.5 Å². The van der Waals surface area contributed by atoms with Gasteiger partial charge in [0.1, 0.15) is 5.76 Å². The van der Waals surface area contributed by atoms with Gasteiger partial charge in [0.15, 0.2) is 0 Å². The predicted molar refractivity (Wildman–Crippen MR) is 72.8 cm³/mol. The zero-order valence-electron chi connectivity index (χ0n) is 10.3. The topological polar surface area (TPSA) is 25.2 Å². The molecule has 16 heavy (non-hydrogen) atoms. The van der Waals surface area contributed by atoms with Crippen LogP contribution in [-0.2, 0) is 0 Å². The molecule has 0 aliphatic heterocycles. The fourth-order valence-electron chi connectivity index (χ4n) is 1.18. The minimum absolute atomic E-state index is 0.367. The fraction of sp³-hybridized carbons (Fsp3) is 0.538. The third kappa shape index (κ3) is 6.75. The fourth-order valence-corrected chi connectivity index (χ4v) is 2.03. The summed E-state index contributed by atoms with van der Waals surface area (Å²) in [6, 6.07) is 3.85. The van der Waals surface area contributed by atoms with Crippen molar-refractivity contribution in [3.8, 4) is 0 Å². The highest BCUT2D eigenvalue weighted by molar-refractivity contribution is 8.00. The number of thioether (sulfide) groups is 1. The van der Waals surface area contributed by atoms with Crippen molar-refractivity contribution in [3.05, 3.63) is 30.2 Å². The molecule has 0 bridgehead atoms. The van der Waals surface area contributed by atoms with Gasteiger partial charge in [0.05, 0.1) is 6.26 Å². The average Bonchev–Trinajstić information content (AvgIpc) is 2.67. The Morgan fingerprint density at radius 2 is 2.25 bits per heavy atom. The molecule has 0 aliphatic rings. The van der Waals surface area contributed by atoms with E-state index in [1.165, 1.54) is 0 Å².